The summed E-state index contributed by atoms with van der Waals surface area (Å²) in [6, 6.07) is 16.7. The second-order valence-corrected chi connectivity index (χ2v) is 6.40. The largest absolute Gasteiger partial charge is 0.332 e. The molecule has 0 aromatic heterocycles. The number of aryl methyl sites for hydroxylation is 1. The van der Waals surface area contributed by atoms with Gasteiger partial charge in [-0.15, -0.1) is 11.8 Å². The van der Waals surface area contributed by atoms with Gasteiger partial charge in [-0.05, 0) is 67.2 Å². The fraction of sp³-hybridized carbons (Fsp3) is 0.278. The van der Waals surface area contributed by atoms with Crippen LogP contribution in [0.15, 0.2) is 53.4 Å². The highest BCUT2D eigenvalue weighted by molar-refractivity contribution is 7.98. The first-order valence-corrected chi connectivity index (χ1v) is 9.15. The van der Waals surface area contributed by atoms with Crippen LogP contribution in [0, 0.1) is 0 Å². The Balaban J connectivity index is 1.91. The van der Waals surface area contributed by atoms with Crippen molar-refractivity contribution in [3.05, 3.63) is 54.1 Å². The highest BCUT2D eigenvalue weighted by atomic mass is 32.2. The zero-order chi connectivity index (χ0) is 15.8. The van der Waals surface area contributed by atoms with Crippen LogP contribution >= 0.6 is 24.0 Å². The summed E-state index contributed by atoms with van der Waals surface area (Å²) in [7, 11) is 0. The molecule has 0 unspecified atom stereocenters. The summed E-state index contributed by atoms with van der Waals surface area (Å²) >= 11 is 7.09. The molecule has 0 atom stereocenters. The number of rotatable bonds is 6. The molecule has 0 saturated carbocycles. The Hall–Kier alpha value is -1.52. The van der Waals surface area contributed by atoms with Crippen LogP contribution in [-0.2, 0) is 6.42 Å². The first-order chi connectivity index (χ1) is 10.7. The van der Waals surface area contributed by atoms with E-state index in [2.05, 4.69) is 60.2 Å². The molecule has 0 saturated heterocycles. The highest BCUT2D eigenvalue weighted by Crippen LogP contribution is 2.19. The molecular formula is C18H22N2S2. The van der Waals surface area contributed by atoms with E-state index in [9.17, 15) is 0 Å². The predicted octanol–water partition coefficient (Wildman–Crippen LogP) is 5.56. The van der Waals surface area contributed by atoms with Gasteiger partial charge in [-0.1, -0.05) is 31.5 Å². The topological polar surface area (TPSA) is 24.1 Å². The van der Waals surface area contributed by atoms with Crippen molar-refractivity contribution < 1.29 is 0 Å². The molecule has 4 heteroatoms. The summed E-state index contributed by atoms with van der Waals surface area (Å²) in [6.45, 7) is 2.21. The predicted molar refractivity (Wildman–Crippen MR) is 103 cm³/mol. The smallest absolute Gasteiger partial charge is 0.175 e. The molecule has 2 aromatic rings. The average molecular weight is 331 g/mol. The zero-order valence-electron chi connectivity index (χ0n) is 13.1. The lowest BCUT2D eigenvalue weighted by atomic mass is 10.1. The second-order valence-electron chi connectivity index (χ2n) is 5.11. The van der Waals surface area contributed by atoms with Gasteiger partial charge in [-0.25, -0.2) is 0 Å². The van der Waals surface area contributed by atoms with E-state index >= 15 is 0 Å². The summed E-state index contributed by atoms with van der Waals surface area (Å²) in [4.78, 5) is 1.22. The normalized spacial score (nSPS) is 10.3. The summed E-state index contributed by atoms with van der Waals surface area (Å²) in [5, 5.41) is 7.06. The molecule has 0 radical (unpaired) electrons. The SMILES string of the molecule is CCCCc1ccc(NC(=S)Nc2cccc(SC)c2)cc1. The maximum absolute atomic E-state index is 5.37. The molecule has 22 heavy (non-hydrogen) atoms. The van der Waals surface area contributed by atoms with E-state index in [-0.39, 0.29) is 0 Å². The molecule has 116 valence electrons. The van der Waals surface area contributed by atoms with Gasteiger partial charge in [0.15, 0.2) is 5.11 Å². The van der Waals surface area contributed by atoms with Gasteiger partial charge in [0.1, 0.15) is 0 Å². The molecular weight excluding hydrogens is 308 g/mol. The minimum absolute atomic E-state index is 0.611. The van der Waals surface area contributed by atoms with E-state index in [0.29, 0.717) is 5.11 Å². The molecule has 2 rings (SSSR count). The van der Waals surface area contributed by atoms with E-state index in [0.717, 1.165) is 17.8 Å². The van der Waals surface area contributed by atoms with Gasteiger partial charge < -0.3 is 10.6 Å². The Kier molecular flexibility index (Phi) is 6.74. The van der Waals surface area contributed by atoms with Crippen LogP contribution in [0.2, 0.25) is 0 Å². The van der Waals surface area contributed by atoms with Gasteiger partial charge in [0, 0.05) is 16.3 Å². The second kappa shape index (κ2) is 8.81. The summed E-state index contributed by atoms with van der Waals surface area (Å²) in [5.41, 5.74) is 3.39. The molecule has 0 aliphatic rings. The number of anilines is 2. The minimum Gasteiger partial charge on any atom is -0.332 e. The third-order valence-corrected chi connectivity index (χ3v) is 4.29. The van der Waals surface area contributed by atoms with Crippen molar-refractivity contribution in [3.8, 4) is 0 Å². The Morgan fingerprint density at radius 3 is 2.45 bits per heavy atom. The lowest BCUT2D eigenvalue weighted by Gasteiger charge is -2.11. The van der Waals surface area contributed by atoms with Gasteiger partial charge in [0.2, 0.25) is 0 Å². The van der Waals surface area contributed by atoms with E-state index in [1.807, 2.05) is 12.1 Å². The Morgan fingerprint density at radius 2 is 1.77 bits per heavy atom. The van der Waals surface area contributed by atoms with E-state index in [4.69, 9.17) is 12.2 Å². The lowest BCUT2D eigenvalue weighted by molar-refractivity contribution is 0.795. The molecule has 2 aromatic carbocycles. The zero-order valence-corrected chi connectivity index (χ0v) is 14.7. The summed E-state index contributed by atoms with van der Waals surface area (Å²) < 4.78 is 0. The first-order valence-electron chi connectivity index (χ1n) is 7.52. The third kappa shape index (κ3) is 5.35. The van der Waals surface area contributed by atoms with Crippen LogP contribution in [0.3, 0.4) is 0 Å². The van der Waals surface area contributed by atoms with Crippen LogP contribution < -0.4 is 10.6 Å². The maximum atomic E-state index is 5.37. The fourth-order valence-electron chi connectivity index (χ4n) is 2.13. The van der Waals surface area contributed by atoms with Crippen molar-refractivity contribution in [2.45, 2.75) is 31.1 Å². The molecule has 0 amide bonds. The van der Waals surface area contributed by atoms with Crippen molar-refractivity contribution in [1.29, 1.82) is 0 Å². The molecule has 0 aliphatic heterocycles. The van der Waals surface area contributed by atoms with E-state index in [1.165, 1.54) is 23.3 Å². The van der Waals surface area contributed by atoms with E-state index < -0.39 is 0 Å². The Bertz CT molecular complexity index is 609. The lowest BCUT2D eigenvalue weighted by Crippen LogP contribution is -2.19. The fourth-order valence-corrected chi connectivity index (χ4v) is 2.83. The first kappa shape index (κ1) is 16.8. The number of nitrogens with one attached hydrogen (secondary N) is 2. The summed E-state index contributed by atoms with van der Waals surface area (Å²) in [5.74, 6) is 0. The molecule has 0 heterocycles. The highest BCUT2D eigenvalue weighted by Gasteiger charge is 2.00. The van der Waals surface area contributed by atoms with Crippen LogP contribution in [0.1, 0.15) is 25.3 Å². The number of hydrogen-bond donors (Lipinski definition) is 2. The van der Waals surface area contributed by atoms with Crippen molar-refractivity contribution in [2.75, 3.05) is 16.9 Å². The number of unbranched alkanes of at least 4 members (excludes halogenated alkanes) is 1. The van der Waals surface area contributed by atoms with E-state index in [1.54, 1.807) is 11.8 Å². The number of benzene rings is 2. The van der Waals surface area contributed by atoms with Gasteiger partial charge in [0.25, 0.3) is 0 Å². The molecule has 2 N–H and O–H groups in total. The quantitative estimate of drug-likeness (QED) is 0.535. The maximum Gasteiger partial charge on any atom is 0.175 e. The monoisotopic (exact) mass is 330 g/mol. The third-order valence-electron chi connectivity index (χ3n) is 3.36. The Labute approximate surface area is 142 Å². The molecule has 0 aliphatic carbocycles. The number of thioether (sulfide) groups is 1. The molecule has 0 fully saturated rings. The van der Waals surface area contributed by atoms with Crippen molar-refractivity contribution in [3.63, 3.8) is 0 Å². The van der Waals surface area contributed by atoms with Crippen LogP contribution in [-0.4, -0.2) is 11.4 Å². The van der Waals surface area contributed by atoms with Crippen molar-refractivity contribution in [1.82, 2.24) is 0 Å². The molecule has 0 spiro atoms. The minimum atomic E-state index is 0.611. The summed E-state index contributed by atoms with van der Waals surface area (Å²) in [6.07, 6.45) is 5.67. The van der Waals surface area contributed by atoms with Crippen LogP contribution in [0.4, 0.5) is 11.4 Å². The number of hydrogen-bond acceptors (Lipinski definition) is 2. The molecule has 2 nitrogen and oxygen atoms in total. The van der Waals surface area contributed by atoms with Crippen molar-refractivity contribution in [2.24, 2.45) is 0 Å². The average Bonchev–Trinajstić information content (AvgIpc) is 2.54. The van der Waals surface area contributed by atoms with Crippen molar-refractivity contribution >= 4 is 40.5 Å². The van der Waals surface area contributed by atoms with Crippen LogP contribution in [0.25, 0.3) is 0 Å². The standard InChI is InChI=1S/C18H22N2S2/c1-3-4-6-14-9-11-15(12-10-14)19-18(21)20-16-7-5-8-17(13-16)22-2/h5,7-13H,3-4,6H2,1-2H3,(H2,19,20,21). The van der Waals surface area contributed by atoms with Gasteiger partial charge in [0.05, 0.1) is 0 Å². The van der Waals surface area contributed by atoms with Gasteiger partial charge >= 0.3 is 0 Å². The van der Waals surface area contributed by atoms with Crippen LogP contribution in [0.5, 0.6) is 0 Å². The Morgan fingerprint density at radius 1 is 1.05 bits per heavy atom. The molecule has 0 bridgehead atoms. The number of thiocarbonyl (C=S) groups is 1. The van der Waals surface area contributed by atoms with Gasteiger partial charge in [-0.3, -0.25) is 0 Å². The van der Waals surface area contributed by atoms with Gasteiger partial charge in [-0.2, -0.15) is 0 Å².